The normalized spacial score (nSPS) is 14.7. The van der Waals surface area contributed by atoms with Crippen molar-refractivity contribution < 1.29 is 39.5 Å². The van der Waals surface area contributed by atoms with Crippen LogP contribution in [0.2, 0.25) is 0 Å². The number of fused-ring (bicyclic) bond motifs is 1. The lowest BCUT2D eigenvalue weighted by molar-refractivity contribution is -0.155. The van der Waals surface area contributed by atoms with E-state index in [-0.39, 0.29) is 64.7 Å². The van der Waals surface area contributed by atoms with E-state index in [1.54, 1.807) is 66.7 Å². The van der Waals surface area contributed by atoms with Gasteiger partial charge in [-0.3, -0.25) is 14.4 Å². The molecule has 4 aromatic carbocycles. The Morgan fingerprint density at radius 2 is 1.65 bits per heavy atom. The summed E-state index contributed by atoms with van der Waals surface area (Å²) in [6.45, 7) is 0.929. The van der Waals surface area contributed by atoms with Gasteiger partial charge in [0, 0.05) is 48.8 Å². The first-order chi connectivity index (χ1) is 24.5. The van der Waals surface area contributed by atoms with Crippen LogP contribution in [-0.2, 0) is 21.7 Å². The molecule has 1 aliphatic heterocycles. The number of phenols is 1. The third-order valence-corrected chi connectivity index (χ3v) is 8.83. The van der Waals surface area contributed by atoms with Gasteiger partial charge in [0.1, 0.15) is 11.5 Å². The molecule has 0 saturated carbocycles. The molecule has 2 atom stereocenters. The van der Waals surface area contributed by atoms with Gasteiger partial charge in [0.15, 0.2) is 6.61 Å². The van der Waals surface area contributed by atoms with E-state index in [0.717, 1.165) is 5.56 Å². The number of ether oxygens (including phenoxy) is 1. The summed E-state index contributed by atoms with van der Waals surface area (Å²) >= 11 is 0. The molecule has 2 unspecified atom stereocenters. The zero-order valence-electron chi connectivity index (χ0n) is 27.3. The van der Waals surface area contributed by atoms with Crippen molar-refractivity contribution in [1.29, 1.82) is 0 Å². The highest BCUT2D eigenvalue weighted by Gasteiger charge is 2.40. The van der Waals surface area contributed by atoms with Gasteiger partial charge in [-0.05, 0) is 53.1 Å². The molecule has 0 radical (unpaired) electrons. The molecule has 2 heterocycles. The molecule has 1 aliphatic rings. The number of nitrogens with zero attached hydrogens (tertiary/aromatic N) is 1. The number of aromatic hydroxyl groups is 1. The Hall–Kier alpha value is -6.02. The van der Waals surface area contributed by atoms with Crippen LogP contribution in [-0.4, -0.2) is 80.4 Å². The van der Waals surface area contributed by atoms with Crippen molar-refractivity contribution in [2.75, 3.05) is 26.2 Å². The number of hydrogen-bond donors (Lipinski definition) is 7. The van der Waals surface area contributed by atoms with E-state index in [0.29, 0.717) is 36.1 Å². The largest absolute Gasteiger partial charge is 0.506 e. The van der Waals surface area contributed by atoms with E-state index in [2.05, 4.69) is 15.6 Å². The fourth-order valence-electron chi connectivity index (χ4n) is 5.97. The minimum absolute atomic E-state index is 0.0803. The number of aromatic nitrogens is 1. The SMILES string of the molecule is O=C(NC1CN(C(=O)COc2cccc(C(O)(C(=O)O)c3ccccc3)c2)C1)c1ccc(CNCC(O)c2ccc(O)c3[nH]c(=O)ccc23)cc1. The van der Waals surface area contributed by atoms with Crippen molar-refractivity contribution in [3.05, 3.63) is 141 Å². The number of carboxylic acids is 1. The van der Waals surface area contributed by atoms with Crippen molar-refractivity contribution >= 4 is 28.7 Å². The maximum absolute atomic E-state index is 12.8. The van der Waals surface area contributed by atoms with Crippen molar-refractivity contribution in [3.63, 3.8) is 0 Å². The van der Waals surface area contributed by atoms with Gasteiger partial charge in [0.25, 0.3) is 11.8 Å². The molecule has 0 spiro atoms. The third-order valence-electron chi connectivity index (χ3n) is 8.83. The predicted molar refractivity (Wildman–Crippen MR) is 186 cm³/mol. The number of carbonyl (C=O) groups is 3. The second-order valence-corrected chi connectivity index (χ2v) is 12.3. The molecule has 262 valence electrons. The van der Waals surface area contributed by atoms with Gasteiger partial charge in [-0.1, -0.05) is 60.7 Å². The van der Waals surface area contributed by atoms with Crippen LogP contribution in [0.3, 0.4) is 0 Å². The first kappa shape index (κ1) is 34.8. The number of benzene rings is 4. The summed E-state index contributed by atoms with van der Waals surface area (Å²) in [6.07, 6.45) is -0.902. The van der Waals surface area contributed by atoms with Crippen molar-refractivity contribution in [1.82, 2.24) is 20.5 Å². The second-order valence-electron chi connectivity index (χ2n) is 12.3. The number of nitrogens with one attached hydrogen (secondary N) is 3. The van der Waals surface area contributed by atoms with Crippen LogP contribution < -0.4 is 20.9 Å². The Balaban J connectivity index is 0.943. The molecule has 5 aromatic rings. The summed E-state index contributed by atoms with van der Waals surface area (Å²) in [5, 5.41) is 48.4. The number of rotatable bonds is 13. The smallest absolute Gasteiger partial charge is 0.345 e. The van der Waals surface area contributed by atoms with Crippen LogP contribution in [0.4, 0.5) is 0 Å². The van der Waals surface area contributed by atoms with Crippen LogP contribution in [0, 0.1) is 0 Å². The summed E-state index contributed by atoms with van der Waals surface area (Å²) < 4.78 is 5.64. The fraction of sp³-hybridized carbons (Fsp3) is 0.211. The number of aliphatic carboxylic acids is 1. The fourth-order valence-corrected chi connectivity index (χ4v) is 5.97. The van der Waals surface area contributed by atoms with Gasteiger partial charge >= 0.3 is 5.97 Å². The minimum atomic E-state index is -2.30. The highest BCUT2D eigenvalue weighted by molar-refractivity contribution is 5.94. The number of H-pyrrole nitrogens is 1. The van der Waals surface area contributed by atoms with E-state index in [4.69, 9.17) is 4.74 Å². The number of amides is 2. The van der Waals surface area contributed by atoms with E-state index in [9.17, 15) is 39.6 Å². The average Bonchev–Trinajstić information content (AvgIpc) is 3.12. The number of likely N-dealkylation sites (tertiary alicyclic amines) is 1. The van der Waals surface area contributed by atoms with Crippen LogP contribution in [0.25, 0.3) is 10.9 Å². The van der Waals surface area contributed by atoms with Crippen LogP contribution >= 0.6 is 0 Å². The van der Waals surface area contributed by atoms with E-state index >= 15 is 0 Å². The molecule has 1 fully saturated rings. The Morgan fingerprint density at radius 3 is 2.37 bits per heavy atom. The number of phenolic OH excluding ortho intramolecular Hbond substituents is 1. The van der Waals surface area contributed by atoms with Crippen LogP contribution in [0.15, 0.2) is 108 Å². The predicted octanol–water partition coefficient (Wildman–Crippen LogP) is 2.40. The van der Waals surface area contributed by atoms with Gasteiger partial charge in [-0.25, -0.2) is 4.79 Å². The van der Waals surface area contributed by atoms with Crippen LogP contribution in [0.5, 0.6) is 11.5 Å². The molecule has 51 heavy (non-hydrogen) atoms. The Bertz CT molecular complexity index is 2110. The summed E-state index contributed by atoms with van der Waals surface area (Å²) in [5.74, 6) is -1.89. The number of aliphatic hydroxyl groups is 2. The molecule has 0 bridgehead atoms. The number of carboxylic acid groups (broad SMARTS) is 1. The molecule has 6 rings (SSSR count). The Kier molecular flexibility index (Phi) is 10.1. The molecular weight excluding hydrogens is 656 g/mol. The topological polar surface area (TPSA) is 202 Å². The number of pyridine rings is 1. The summed E-state index contributed by atoms with van der Waals surface area (Å²) in [6, 6.07) is 26.7. The molecule has 1 aromatic heterocycles. The van der Waals surface area contributed by atoms with Crippen molar-refractivity contribution in [2.45, 2.75) is 24.3 Å². The van der Waals surface area contributed by atoms with E-state index < -0.39 is 17.7 Å². The van der Waals surface area contributed by atoms with Crippen molar-refractivity contribution in [2.24, 2.45) is 0 Å². The van der Waals surface area contributed by atoms with Crippen LogP contribution in [0.1, 0.15) is 38.7 Å². The molecule has 7 N–H and O–H groups in total. The Labute approximate surface area is 291 Å². The maximum Gasteiger partial charge on any atom is 0.345 e. The number of carbonyl (C=O) groups excluding carboxylic acids is 2. The number of aliphatic hydroxyl groups excluding tert-OH is 1. The molecule has 2 amide bonds. The minimum Gasteiger partial charge on any atom is -0.506 e. The average molecular weight is 693 g/mol. The van der Waals surface area contributed by atoms with Crippen molar-refractivity contribution in [3.8, 4) is 11.5 Å². The van der Waals surface area contributed by atoms with Gasteiger partial charge in [0.2, 0.25) is 11.2 Å². The van der Waals surface area contributed by atoms with Gasteiger partial charge < -0.3 is 45.7 Å². The van der Waals surface area contributed by atoms with Gasteiger partial charge in [-0.2, -0.15) is 0 Å². The standard InChI is InChI=1S/C38H36N4O9/c43-31-15-13-29(30-14-16-33(45)41-35(30)31)32(44)19-39-18-23-9-11-24(12-10-23)36(47)40-27-20-42(21-27)34(46)22-51-28-8-4-7-26(17-28)38(50,37(48)49)25-5-2-1-3-6-25/h1-17,27,32,39,43-44,50H,18-22H2,(H,40,47)(H,41,45)(H,48,49). The molecular formula is C38H36N4O9. The summed E-state index contributed by atoms with van der Waals surface area (Å²) in [5.41, 5.74) is -0.228. The Morgan fingerprint density at radius 1 is 0.922 bits per heavy atom. The summed E-state index contributed by atoms with van der Waals surface area (Å²) in [4.78, 5) is 53.4. The monoisotopic (exact) mass is 692 g/mol. The van der Waals surface area contributed by atoms with Gasteiger partial charge in [-0.15, -0.1) is 0 Å². The first-order valence-corrected chi connectivity index (χ1v) is 16.2. The number of hydrogen-bond acceptors (Lipinski definition) is 9. The second kappa shape index (κ2) is 14.8. The van der Waals surface area contributed by atoms with E-state index in [1.165, 1.54) is 41.3 Å². The maximum atomic E-state index is 12.8. The quantitative estimate of drug-likeness (QED) is 0.0961. The zero-order chi connectivity index (χ0) is 36.1. The van der Waals surface area contributed by atoms with Gasteiger partial charge in [0.05, 0.1) is 17.7 Å². The lowest BCUT2D eigenvalue weighted by atomic mass is 9.86. The van der Waals surface area contributed by atoms with E-state index in [1.807, 2.05) is 0 Å². The summed E-state index contributed by atoms with van der Waals surface area (Å²) in [7, 11) is 0. The third kappa shape index (κ3) is 7.60. The lowest BCUT2D eigenvalue weighted by Crippen LogP contribution is -2.61. The lowest BCUT2D eigenvalue weighted by Gasteiger charge is -2.39. The highest BCUT2D eigenvalue weighted by Crippen LogP contribution is 2.32. The zero-order valence-corrected chi connectivity index (χ0v) is 27.3. The molecule has 0 aliphatic carbocycles. The number of aromatic amines is 1. The molecule has 1 saturated heterocycles. The molecule has 13 nitrogen and oxygen atoms in total. The molecule has 13 heteroatoms. The first-order valence-electron chi connectivity index (χ1n) is 16.2. The highest BCUT2D eigenvalue weighted by atomic mass is 16.5.